The highest BCUT2D eigenvalue weighted by molar-refractivity contribution is 5.83. The van der Waals surface area contributed by atoms with Crippen LogP contribution < -0.4 is 10.6 Å². The van der Waals surface area contributed by atoms with Crippen LogP contribution in [0.25, 0.3) is 0 Å². The largest absolute Gasteiger partial charge is 0.354 e. The number of carbonyl (C=O) groups is 2. The van der Waals surface area contributed by atoms with Gasteiger partial charge in [-0.2, -0.15) is 0 Å². The van der Waals surface area contributed by atoms with E-state index in [0.717, 1.165) is 12.0 Å². The summed E-state index contributed by atoms with van der Waals surface area (Å²) in [5.41, 5.74) is 1.11. The monoisotopic (exact) mass is 343 g/mol. The maximum absolute atomic E-state index is 12.3. The summed E-state index contributed by atoms with van der Waals surface area (Å²) in [7, 11) is 1.81. The van der Waals surface area contributed by atoms with Crippen LogP contribution in [-0.2, 0) is 16.1 Å². The zero-order valence-corrected chi connectivity index (χ0v) is 15.0. The molecule has 1 saturated carbocycles. The first-order valence-electron chi connectivity index (χ1n) is 9.45. The van der Waals surface area contributed by atoms with Crippen LogP contribution in [0.1, 0.15) is 44.1 Å². The van der Waals surface area contributed by atoms with E-state index in [1.807, 2.05) is 30.3 Å². The van der Waals surface area contributed by atoms with Crippen molar-refractivity contribution in [1.29, 1.82) is 0 Å². The maximum Gasteiger partial charge on any atom is 0.237 e. The Balaban J connectivity index is 1.37. The lowest BCUT2D eigenvalue weighted by molar-refractivity contribution is -0.130. The highest BCUT2D eigenvalue weighted by Crippen LogP contribution is 2.33. The third kappa shape index (κ3) is 4.82. The van der Waals surface area contributed by atoms with Gasteiger partial charge in [0.1, 0.15) is 0 Å². The lowest BCUT2D eigenvalue weighted by atomic mass is 9.85. The zero-order valence-electron chi connectivity index (χ0n) is 15.0. The van der Waals surface area contributed by atoms with Crippen molar-refractivity contribution in [2.45, 2.75) is 57.2 Å². The zero-order chi connectivity index (χ0) is 17.6. The molecule has 25 heavy (non-hydrogen) atoms. The minimum absolute atomic E-state index is 0.0490. The standard InChI is InChI=1S/C20H29N3O2/c1-23(14-15-7-3-2-4-8-15)19(24)11-12-21-20(25)18-13-16-9-5-6-10-17(16)22-18/h2-4,7-8,16-18,22H,5-6,9-14H2,1H3,(H,21,25)/t16-,17+,18-/m0/s1. The van der Waals surface area contributed by atoms with Gasteiger partial charge in [0.25, 0.3) is 0 Å². The van der Waals surface area contributed by atoms with Crippen LogP contribution in [0.2, 0.25) is 0 Å². The van der Waals surface area contributed by atoms with Crippen molar-refractivity contribution in [3.05, 3.63) is 35.9 Å². The molecule has 136 valence electrons. The summed E-state index contributed by atoms with van der Waals surface area (Å²) in [5, 5.41) is 6.41. The Morgan fingerprint density at radius 3 is 2.72 bits per heavy atom. The fraction of sp³-hybridized carbons (Fsp3) is 0.600. The third-order valence-electron chi connectivity index (χ3n) is 5.51. The molecule has 3 atom stereocenters. The van der Waals surface area contributed by atoms with E-state index < -0.39 is 0 Å². The number of benzene rings is 1. The van der Waals surface area contributed by atoms with Crippen LogP contribution in [0.4, 0.5) is 0 Å². The predicted octanol–water partition coefficient (Wildman–Crippen LogP) is 2.07. The molecule has 0 aromatic heterocycles. The molecule has 1 saturated heterocycles. The lowest BCUT2D eigenvalue weighted by Gasteiger charge is -2.24. The quantitative estimate of drug-likeness (QED) is 0.831. The van der Waals surface area contributed by atoms with Crippen molar-refractivity contribution in [3.63, 3.8) is 0 Å². The minimum Gasteiger partial charge on any atom is -0.354 e. The minimum atomic E-state index is -0.0785. The second-order valence-electron chi connectivity index (χ2n) is 7.38. The van der Waals surface area contributed by atoms with Gasteiger partial charge in [-0.05, 0) is 30.7 Å². The van der Waals surface area contributed by atoms with E-state index in [-0.39, 0.29) is 17.9 Å². The fourth-order valence-corrected chi connectivity index (χ4v) is 4.07. The molecule has 5 heteroatoms. The molecular formula is C20H29N3O2. The van der Waals surface area contributed by atoms with Gasteiger partial charge in [0.15, 0.2) is 0 Å². The maximum atomic E-state index is 12.3. The van der Waals surface area contributed by atoms with Crippen LogP contribution in [0.3, 0.4) is 0 Å². The molecule has 2 amide bonds. The van der Waals surface area contributed by atoms with Crippen LogP contribution in [0, 0.1) is 5.92 Å². The van der Waals surface area contributed by atoms with Crippen molar-refractivity contribution < 1.29 is 9.59 Å². The average molecular weight is 343 g/mol. The highest BCUT2D eigenvalue weighted by Gasteiger charge is 2.37. The van der Waals surface area contributed by atoms with E-state index in [1.54, 1.807) is 11.9 Å². The first kappa shape index (κ1) is 17.9. The second kappa shape index (κ2) is 8.48. The van der Waals surface area contributed by atoms with Gasteiger partial charge < -0.3 is 15.5 Å². The number of fused-ring (bicyclic) bond motifs is 1. The molecule has 5 nitrogen and oxygen atoms in total. The molecule has 0 unspecified atom stereocenters. The summed E-state index contributed by atoms with van der Waals surface area (Å²) in [4.78, 5) is 26.3. The summed E-state index contributed by atoms with van der Waals surface area (Å²) in [6.45, 7) is 1.01. The topological polar surface area (TPSA) is 61.4 Å². The van der Waals surface area contributed by atoms with Crippen molar-refractivity contribution in [3.8, 4) is 0 Å². The number of hydrogen-bond acceptors (Lipinski definition) is 3. The van der Waals surface area contributed by atoms with Crippen LogP contribution >= 0.6 is 0 Å². The third-order valence-corrected chi connectivity index (χ3v) is 5.51. The molecule has 0 spiro atoms. The van der Waals surface area contributed by atoms with E-state index in [9.17, 15) is 9.59 Å². The normalized spacial score (nSPS) is 25.2. The number of amides is 2. The average Bonchev–Trinajstić information content (AvgIpc) is 3.06. The molecule has 2 fully saturated rings. The van der Waals surface area contributed by atoms with Crippen molar-refractivity contribution in [1.82, 2.24) is 15.5 Å². The van der Waals surface area contributed by atoms with Gasteiger partial charge in [0, 0.05) is 32.6 Å². The Morgan fingerprint density at radius 1 is 1.20 bits per heavy atom. The Bertz CT molecular complexity index is 576. The number of nitrogens with one attached hydrogen (secondary N) is 2. The molecule has 2 aliphatic rings. The number of rotatable bonds is 6. The van der Waals surface area contributed by atoms with Gasteiger partial charge in [0.05, 0.1) is 6.04 Å². The van der Waals surface area contributed by atoms with Crippen LogP contribution in [0.15, 0.2) is 30.3 Å². The van der Waals surface area contributed by atoms with Crippen molar-refractivity contribution in [2.24, 2.45) is 5.92 Å². The molecule has 3 rings (SSSR count). The first-order valence-corrected chi connectivity index (χ1v) is 9.45. The number of nitrogens with zero attached hydrogens (tertiary/aromatic N) is 1. The van der Waals surface area contributed by atoms with Crippen molar-refractivity contribution in [2.75, 3.05) is 13.6 Å². The summed E-state index contributed by atoms with van der Waals surface area (Å²) in [6.07, 6.45) is 6.28. The van der Waals surface area contributed by atoms with E-state index in [1.165, 1.54) is 25.7 Å². The summed E-state index contributed by atoms with van der Waals surface area (Å²) >= 11 is 0. The molecule has 1 aromatic carbocycles. The Morgan fingerprint density at radius 2 is 1.96 bits per heavy atom. The van der Waals surface area contributed by atoms with Gasteiger partial charge in [-0.25, -0.2) is 0 Å². The molecule has 1 aromatic rings. The number of hydrogen-bond donors (Lipinski definition) is 2. The van der Waals surface area contributed by atoms with Crippen molar-refractivity contribution >= 4 is 11.8 Å². The number of carbonyl (C=O) groups excluding carboxylic acids is 2. The Labute approximate surface area is 150 Å². The highest BCUT2D eigenvalue weighted by atomic mass is 16.2. The predicted molar refractivity (Wildman–Crippen MR) is 97.8 cm³/mol. The van der Waals surface area contributed by atoms with Gasteiger partial charge in [-0.1, -0.05) is 43.2 Å². The van der Waals surface area contributed by atoms with Crippen LogP contribution in [-0.4, -0.2) is 42.4 Å². The fourth-order valence-electron chi connectivity index (χ4n) is 4.07. The molecule has 0 radical (unpaired) electrons. The second-order valence-corrected chi connectivity index (χ2v) is 7.38. The van der Waals surface area contributed by atoms with Gasteiger partial charge in [-0.15, -0.1) is 0 Å². The molecule has 2 N–H and O–H groups in total. The smallest absolute Gasteiger partial charge is 0.237 e. The van der Waals surface area contributed by atoms with Crippen LogP contribution in [0.5, 0.6) is 0 Å². The van der Waals surface area contributed by atoms with E-state index in [0.29, 0.717) is 31.5 Å². The van der Waals surface area contributed by atoms with Gasteiger partial charge >= 0.3 is 0 Å². The van der Waals surface area contributed by atoms with E-state index in [4.69, 9.17) is 0 Å². The molecular weight excluding hydrogens is 314 g/mol. The Kier molecular flexibility index (Phi) is 6.08. The van der Waals surface area contributed by atoms with Gasteiger partial charge in [-0.3, -0.25) is 9.59 Å². The van der Waals surface area contributed by atoms with E-state index in [2.05, 4.69) is 10.6 Å². The lowest BCUT2D eigenvalue weighted by Crippen LogP contribution is -2.44. The molecule has 1 aliphatic carbocycles. The molecule has 0 bridgehead atoms. The Hall–Kier alpha value is -1.88. The SMILES string of the molecule is CN(Cc1ccccc1)C(=O)CCNC(=O)[C@@H]1C[C@@H]2CCCC[C@H]2N1. The van der Waals surface area contributed by atoms with Gasteiger partial charge in [0.2, 0.25) is 11.8 Å². The summed E-state index contributed by atoms with van der Waals surface area (Å²) in [6, 6.07) is 10.4. The van der Waals surface area contributed by atoms with E-state index >= 15 is 0 Å². The summed E-state index contributed by atoms with van der Waals surface area (Å²) in [5.74, 6) is 0.758. The molecule has 1 aliphatic heterocycles. The summed E-state index contributed by atoms with van der Waals surface area (Å²) < 4.78 is 0. The first-order chi connectivity index (χ1) is 12.1. The molecule has 1 heterocycles.